The number of carbonyl (C=O) groups excluding carboxylic acids is 1. The van der Waals surface area contributed by atoms with Gasteiger partial charge in [0.25, 0.3) is 0 Å². The first-order chi connectivity index (χ1) is 10.3. The normalized spacial score (nSPS) is 12.2. The maximum absolute atomic E-state index is 12.4. The van der Waals surface area contributed by atoms with Crippen LogP contribution in [0.3, 0.4) is 0 Å². The molecule has 0 saturated carbocycles. The largest absolute Gasteiger partial charge is 0.410 e. The summed E-state index contributed by atoms with van der Waals surface area (Å²) in [5.74, 6) is -0.480. The maximum Gasteiger partial charge on any atom is 0.215 e. The van der Waals surface area contributed by atoms with Crippen molar-refractivity contribution in [3.8, 4) is 0 Å². The van der Waals surface area contributed by atoms with Gasteiger partial charge in [0.15, 0.2) is 15.5 Å². The van der Waals surface area contributed by atoms with Crippen LogP contribution in [0.5, 0.6) is 0 Å². The highest BCUT2D eigenvalue weighted by molar-refractivity contribution is 7.90. The molecule has 0 aliphatic rings. The predicted octanol–water partition coefficient (Wildman–Crippen LogP) is 2.46. The van der Waals surface area contributed by atoms with E-state index in [9.17, 15) is 13.2 Å². The molecule has 0 aromatic heterocycles. The van der Waals surface area contributed by atoms with E-state index < -0.39 is 15.6 Å². The Morgan fingerprint density at radius 1 is 0.955 bits per heavy atom. The second kappa shape index (κ2) is 6.11. The van der Waals surface area contributed by atoms with Gasteiger partial charge >= 0.3 is 0 Å². The molecule has 0 aliphatic carbocycles. The highest BCUT2D eigenvalue weighted by atomic mass is 32.2. The first-order valence-corrected chi connectivity index (χ1v) is 8.36. The molecule has 2 aromatic rings. The first kappa shape index (κ1) is 15.9. The zero-order valence-corrected chi connectivity index (χ0v) is 13.0. The van der Waals surface area contributed by atoms with Crippen LogP contribution in [-0.2, 0) is 9.84 Å². The van der Waals surface area contributed by atoms with Crippen molar-refractivity contribution in [1.29, 1.82) is 0 Å². The predicted molar refractivity (Wildman–Crippen MR) is 83.4 cm³/mol. The Hall–Kier alpha value is -2.47. The Kier molecular flexibility index (Phi) is 4.42. The number of Topliss-reactive ketones (excluding diaryl/α,β-unsaturated/α-hetero) is 1. The Bertz CT molecular complexity index is 819. The number of nitrogens with zero attached hydrogens (tertiary/aromatic N) is 1. The smallest absolute Gasteiger partial charge is 0.215 e. The fourth-order valence-electron chi connectivity index (χ4n) is 1.94. The number of aryl methyl sites for hydroxylation is 1. The molecule has 0 spiro atoms. The molecule has 5 nitrogen and oxygen atoms in total. The summed E-state index contributed by atoms with van der Waals surface area (Å²) in [4.78, 5) is 12.5. The monoisotopic (exact) mass is 317 g/mol. The van der Waals surface area contributed by atoms with Crippen LogP contribution >= 0.6 is 0 Å². The van der Waals surface area contributed by atoms with Crippen molar-refractivity contribution in [2.45, 2.75) is 11.8 Å². The second-order valence-corrected chi connectivity index (χ2v) is 6.96. The SMILES string of the molecule is Cc1ccc(/C(=N\O)C(=O)c2ccc(S(C)(=O)=O)cc2)cc1. The lowest BCUT2D eigenvalue weighted by molar-refractivity contribution is 0.106. The number of benzene rings is 2. The molecule has 114 valence electrons. The van der Waals surface area contributed by atoms with Gasteiger partial charge in [-0.2, -0.15) is 0 Å². The van der Waals surface area contributed by atoms with Crippen molar-refractivity contribution in [2.24, 2.45) is 5.16 Å². The summed E-state index contributed by atoms with van der Waals surface area (Å²) in [6.45, 7) is 1.91. The number of hydrogen-bond acceptors (Lipinski definition) is 5. The van der Waals surface area contributed by atoms with E-state index in [-0.39, 0.29) is 16.2 Å². The number of carbonyl (C=O) groups is 1. The topological polar surface area (TPSA) is 83.8 Å². The van der Waals surface area contributed by atoms with Crippen LogP contribution in [-0.4, -0.2) is 31.4 Å². The van der Waals surface area contributed by atoms with Gasteiger partial charge in [0, 0.05) is 17.4 Å². The number of oxime groups is 1. The van der Waals surface area contributed by atoms with E-state index in [0.29, 0.717) is 5.56 Å². The van der Waals surface area contributed by atoms with Crippen LogP contribution in [0.25, 0.3) is 0 Å². The van der Waals surface area contributed by atoms with E-state index in [4.69, 9.17) is 5.21 Å². The lowest BCUT2D eigenvalue weighted by Gasteiger charge is -2.05. The lowest BCUT2D eigenvalue weighted by Crippen LogP contribution is -2.16. The van der Waals surface area contributed by atoms with Crippen LogP contribution in [0.2, 0.25) is 0 Å². The third-order valence-electron chi connectivity index (χ3n) is 3.18. The molecule has 0 radical (unpaired) electrons. The molecule has 0 atom stereocenters. The zero-order chi connectivity index (χ0) is 16.3. The third-order valence-corrected chi connectivity index (χ3v) is 4.31. The van der Waals surface area contributed by atoms with Crippen LogP contribution in [0.1, 0.15) is 21.5 Å². The number of hydrogen-bond donors (Lipinski definition) is 1. The summed E-state index contributed by atoms with van der Waals surface area (Å²) in [7, 11) is -3.32. The number of rotatable bonds is 4. The molecule has 0 amide bonds. The Labute approximate surface area is 128 Å². The Morgan fingerprint density at radius 3 is 1.91 bits per heavy atom. The standard InChI is InChI=1S/C16H15NO4S/c1-11-3-5-12(6-4-11)15(17-19)16(18)13-7-9-14(10-8-13)22(2,20)21/h3-10,19H,1-2H3/b17-15+. The molecular formula is C16H15NO4S. The number of ketones is 1. The van der Waals surface area contributed by atoms with Crippen molar-refractivity contribution in [3.05, 3.63) is 65.2 Å². The molecule has 0 saturated heterocycles. The molecule has 0 aliphatic heterocycles. The fraction of sp³-hybridized carbons (Fsp3) is 0.125. The summed E-state index contributed by atoms with van der Waals surface area (Å²) < 4.78 is 22.8. The van der Waals surface area contributed by atoms with E-state index in [1.807, 2.05) is 6.92 Å². The van der Waals surface area contributed by atoms with Gasteiger partial charge in [-0.15, -0.1) is 0 Å². The molecule has 2 aromatic carbocycles. The Morgan fingerprint density at radius 2 is 1.45 bits per heavy atom. The highest BCUT2D eigenvalue weighted by Gasteiger charge is 2.18. The second-order valence-electron chi connectivity index (χ2n) is 4.94. The van der Waals surface area contributed by atoms with E-state index in [1.165, 1.54) is 24.3 Å². The summed E-state index contributed by atoms with van der Waals surface area (Å²) in [5, 5.41) is 12.2. The van der Waals surface area contributed by atoms with E-state index in [1.54, 1.807) is 24.3 Å². The summed E-state index contributed by atoms with van der Waals surface area (Å²) in [5.41, 5.74) is 1.67. The van der Waals surface area contributed by atoms with Crippen molar-refractivity contribution >= 4 is 21.3 Å². The molecular weight excluding hydrogens is 302 g/mol. The van der Waals surface area contributed by atoms with Crippen molar-refractivity contribution < 1.29 is 18.4 Å². The quantitative estimate of drug-likeness (QED) is 0.406. The third kappa shape index (κ3) is 3.40. The summed E-state index contributed by atoms with van der Waals surface area (Å²) in [6.07, 6.45) is 1.09. The van der Waals surface area contributed by atoms with Gasteiger partial charge in [0.05, 0.1) is 4.90 Å². The molecule has 0 unspecified atom stereocenters. The van der Waals surface area contributed by atoms with Gasteiger partial charge in [-0.1, -0.05) is 35.0 Å². The summed E-state index contributed by atoms with van der Waals surface area (Å²) in [6, 6.07) is 12.5. The number of sulfone groups is 1. The van der Waals surface area contributed by atoms with E-state index in [2.05, 4.69) is 5.16 Å². The maximum atomic E-state index is 12.4. The van der Waals surface area contributed by atoms with Crippen LogP contribution in [0.4, 0.5) is 0 Å². The van der Waals surface area contributed by atoms with E-state index >= 15 is 0 Å². The lowest BCUT2D eigenvalue weighted by atomic mass is 10.00. The van der Waals surface area contributed by atoms with Gasteiger partial charge in [-0.25, -0.2) is 8.42 Å². The Balaban J connectivity index is 2.35. The van der Waals surface area contributed by atoms with Crippen LogP contribution in [0, 0.1) is 6.92 Å². The molecule has 0 heterocycles. The minimum absolute atomic E-state index is 0.0906. The minimum Gasteiger partial charge on any atom is -0.410 e. The molecule has 22 heavy (non-hydrogen) atoms. The molecule has 0 fully saturated rings. The summed E-state index contributed by atoms with van der Waals surface area (Å²) >= 11 is 0. The fourth-order valence-corrected chi connectivity index (χ4v) is 2.57. The van der Waals surface area contributed by atoms with Gasteiger partial charge in [-0.05, 0) is 31.2 Å². The highest BCUT2D eigenvalue weighted by Crippen LogP contribution is 2.14. The van der Waals surface area contributed by atoms with Crippen LogP contribution in [0.15, 0.2) is 58.6 Å². The minimum atomic E-state index is -3.32. The molecule has 6 heteroatoms. The molecule has 1 N–H and O–H groups in total. The van der Waals surface area contributed by atoms with Crippen molar-refractivity contribution in [3.63, 3.8) is 0 Å². The van der Waals surface area contributed by atoms with Crippen LogP contribution < -0.4 is 0 Å². The first-order valence-electron chi connectivity index (χ1n) is 6.47. The average Bonchev–Trinajstić information content (AvgIpc) is 2.49. The van der Waals surface area contributed by atoms with Gasteiger partial charge in [0.1, 0.15) is 0 Å². The van der Waals surface area contributed by atoms with E-state index in [0.717, 1.165) is 11.8 Å². The van der Waals surface area contributed by atoms with Gasteiger partial charge < -0.3 is 5.21 Å². The van der Waals surface area contributed by atoms with Gasteiger partial charge in [0.2, 0.25) is 5.78 Å². The van der Waals surface area contributed by atoms with Crippen molar-refractivity contribution in [1.82, 2.24) is 0 Å². The average molecular weight is 317 g/mol. The van der Waals surface area contributed by atoms with Gasteiger partial charge in [-0.3, -0.25) is 4.79 Å². The van der Waals surface area contributed by atoms with Crippen molar-refractivity contribution in [2.75, 3.05) is 6.26 Å². The molecule has 2 rings (SSSR count). The zero-order valence-electron chi connectivity index (χ0n) is 12.1. The molecule has 0 bridgehead atoms.